The highest BCUT2D eigenvalue weighted by molar-refractivity contribution is 5.92. The van der Waals surface area contributed by atoms with Gasteiger partial charge in [-0.2, -0.15) is 0 Å². The van der Waals surface area contributed by atoms with Crippen molar-refractivity contribution in [3.8, 4) is 5.75 Å². The number of ether oxygens (including phenoxy) is 1. The maximum absolute atomic E-state index is 13.4. The minimum absolute atomic E-state index is 0.000204. The van der Waals surface area contributed by atoms with Gasteiger partial charge in [-0.25, -0.2) is 9.18 Å². The molecule has 1 aliphatic carbocycles. The minimum atomic E-state index is -0.820. The number of nitrogens with zero attached hydrogens (tertiary/aromatic N) is 1. The molecule has 2 aliphatic rings. The molecule has 0 aromatic heterocycles. The molecule has 1 saturated carbocycles. The largest absolute Gasteiger partial charge is 0.491 e. The number of carboxylic acids is 1. The van der Waals surface area contributed by atoms with E-state index in [9.17, 15) is 19.1 Å². The highest BCUT2D eigenvalue weighted by Gasteiger charge is 2.55. The SMILES string of the molecule is CCCOc1cc(F)ccc1NC(=O)N1C[C@@H]2CCC[C@@]2(C(=O)O)C1. The number of benzene rings is 1. The fourth-order valence-electron chi connectivity index (χ4n) is 3.92. The van der Waals surface area contributed by atoms with Crippen LogP contribution >= 0.6 is 0 Å². The summed E-state index contributed by atoms with van der Waals surface area (Å²) in [5, 5.41) is 12.4. The number of rotatable bonds is 5. The van der Waals surface area contributed by atoms with Gasteiger partial charge in [0.25, 0.3) is 0 Å². The number of halogens is 1. The second-order valence-electron chi connectivity index (χ2n) is 6.85. The van der Waals surface area contributed by atoms with Crippen molar-refractivity contribution in [3.05, 3.63) is 24.0 Å². The van der Waals surface area contributed by atoms with Gasteiger partial charge in [-0.1, -0.05) is 13.3 Å². The fraction of sp³-hybridized carbons (Fsp3) is 0.556. The molecular formula is C18H23FN2O4. The monoisotopic (exact) mass is 350 g/mol. The van der Waals surface area contributed by atoms with Gasteiger partial charge in [-0.05, 0) is 37.3 Å². The number of anilines is 1. The molecule has 0 bridgehead atoms. The quantitative estimate of drug-likeness (QED) is 0.854. The Bertz CT molecular complexity index is 681. The van der Waals surface area contributed by atoms with Crippen molar-refractivity contribution in [3.63, 3.8) is 0 Å². The van der Waals surface area contributed by atoms with Crippen LogP contribution < -0.4 is 10.1 Å². The third-order valence-corrected chi connectivity index (χ3v) is 5.23. The van der Waals surface area contributed by atoms with E-state index in [1.165, 1.54) is 18.2 Å². The van der Waals surface area contributed by atoms with Crippen LogP contribution in [-0.4, -0.2) is 41.7 Å². The Morgan fingerprint density at radius 1 is 1.48 bits per heavy atom. The van der Waals surface area contributed by atoms with Gasteiger partial charge in [0.1, 0.15) is 11.6 Å². The Balaban J connectivity index is 1.72. The van der Waals surface area contributed by atoms with Gasteiger partial charge < -0.3 is 20.1 Å². The Labute approximate surface area is 146 Å². The van der Waals surface area contributed by atoms with E-state index in [0.717, 1.165) is 19.3 Å². The zero-order valence-corrected chi connectivity index (χ0v) is 14.3. The molecule has 136 valence electrons. The molecule has 0 radical (unpaired) electrons. The lowest BCUT2D eigenvalue weighted by atomic mass is 9.81. The second kappa shape index (κ2) is 6.90. The van der Waals surface area contributed by atoms with Gasteiger partial charge in [0, 0.05) is 19.2 Å². The van der Waals surface area contributed by atoms with Gasteiger partial charge in [-0.3, -0.25) is 4.79 Å². The Morgan fingerprint density at radius 2 is 2.28 bits per heavy atom. The molecular weight excluding hydrogens is 327 g/mol. The summed E-state index contributed by atoms with van der Waals surface area (Å²) >= 11 is 0. The molecule has 1 aliphatic heterocycles. The summed E-state index contributed by atoms with van der Waals surface area (Å²) < 4.78 is 18.9. The lowest BCUT2D eigenvalue weighted by Crippen LogP contribution is -2.38. The summed E-state index contributed by atoms with van der Waals surface area (Å²) in [6.07, 6.45) is 3.09. The summed E-state index contributed by atoms with van der Waals surface area (Å²) in [5.74, 6) is -0.981. The molecule has 1 saturated heterocycles. The molecule has 25 heavy (non-hydrogen) atoms. The predicted octanol–water partition coefficient (Wildman–Crippen LogP) is 3.33. The van der Waals surface area contributed by atoms with Crippen molar-refractivity contribution < 1.29 is 23.8 Å². The number of carbonyl (C=O) groups excluding carboxylic acids is 1. The molecule has 1 aromatic carbocycles. The number of amides is 2. The number of fused-ring (bicyclic) bond motifs is 1. The number of carbonyl (C=O) groups is 2. The summed E-state index contributed by atoms with van der Waals surface area (Å²) in [6, 6.07) is 3.58. The van der Waals surface area contributed by atoms with Crippen LogP contribution in [0.5, 0.6) is 5.75 Å². The first-order chi connectivity index (χ1) is 12.0. The highest BCUT2D eigenvalue weighted by atomic mass is 19.1. The van der Waals surface area contributed by atoms with Gasteiger partial charge >= 0.3 is 12.0 Å². The molecule has 1 aromatic rings. The van der Waals surface area contributed by atoms with E-state index in [1.54, 1.807) is 4.90 Å². The van der Waals surface area contributed by atoms with Crippen molar-refractivity contribution in [2.75, 3.05) is 25.0 Å². The van der Waals surface area contributed by atoms with Crippen LogP contribution in [0.4, 0.5) is 14.9 Å². The number of hydrogen-bond acceptors (Lipinski definition) is 3. The molecule has 2 N–H and O–H groups in total. The number of urea groups is 1. The van der Waals surface area contributed by atoms with Crippen molar-refractivity contribution in [1.29, 1.82) is 0 Å². The molecule has 0 unspecified atom stereocenters. The average molecular weight is 350 g/mol. The molecule has 7 heteroatoms. The maximum atomic E-state index is 13.4. The van der Waals surface area contributed by atoms with Crippen molar-refractivity contribution >= 4 is 17.7 Å². The van der Waals surface area contributed by atoms with Crippen molar-refractivity contribution in [2.24, 2.45) is 11.3 Å². The zero-order chi connectivity index (χ0) is 18.0. The summed E-state index contributed by atoms with van der Waals surface area (Å²) in [7, 11) is 0. The average Bonchev–Trinajstić information content (AvgIpc) is 3.13. The standard InChI is InChI=1S/C18H23FN2O4/c1-2-8-25-15-9-13(19)5-6-14(15)20-17(24)21-10-12-4-3-7-18(12,11-21)16(22)23/h5-6,9,12H,2-4,7-8,10-11H2,1H3,(H,20,24)(H,22,23)/t12-,18+/m0/s1. The normalized spacial score (nSPS) is 24.9. The number of aliphatic carboxylic acids is 1. The molecule has 6 nitrogen and oxygen atoms in total. The predicted molar refractivity (Wildman–Crippen MR) is 90.2 cm³/mol. The first-order valence-corrected chi connectivity index (χ1v) is 8.68. The lowest BCUT2D eigenvalue weighted by Gasteiger charge is -2.23. The van der Waals surface area contributed by atoms with Crippen LogP contribution in [-0.2, 0) is 4.79 Å². The van der Waals surface area contributed by atoms with E-state index in [2.05, 4.69) is 5.32 Å². The molecule has 1 heterocycles. The van der Waals surface area contributed by atoms with Crippen LogP contribution in [0, 0.1) is 17.2 Å². The van der Waals surface area contributed by atoms with E-state index in [-0.39, 0.29) is 24.2 Å². The van der Waals surface area contributed by atoms with Crippen LogP contribution in [0.25, 0.3) is 0 Å². The molecule has 2 fully saturated rings. The van der Waals surface area contributed by atoms with E-state index in [0.29, 0.717) is 25.3 Å². The van der Waals surface area contributed by atoms with E-state index in [4.69, 9.17) is 4.74 Å². The smallest absolute Gasteiger partial charge is 0.321 e. The van der Waals surface area contributed by atoms with Gasteiger partial charge in [0.15, 0.2) is 0 Å². The summed E-state index contributed by atoms with van der Waals surface area (Å²) in [5.41, 5.74) is -0.428. The third-order valence-electron chi connectivity index (χ3n) is 5.23. The second-order valence-corrected chi connectivity index (χ2v) is 6.85. The lowest BCUT2D eigenvalue weighted by molar-refractivity contribution is -0.149. The highest BCUT2D eigenvalue weighted by Crippen LogP contribution is 2.49. The Hall–Kier alpha value is -2.31. The zero-order valence-electron chi connectivity index (χ0n) is 14.3. The molecule has 2 atom stereocenters. The van der Waals surface area contributed by atoms with Gasteiger partial charge in [0.2, 0.25) is 0 Å². The number of carboxylic acid groups (broad SMARTS) is 1. The van der Waals surface area contributed by atoms with Crippen LogP contribution in [0.15, 0.2) is 18.2 Å². The summed E-state index contributed by atoms with van der Waals surface area (Å²) in [4.78, 5) is 25.9. The van der Waals surface area contributed by atoms with Crippen LogP contribution in [0.3, 0.4) is 0 Å². The number of nitrogens with one attached hydrogen (secondary N) is 1. The fourth-order valence-corrected chi connectivity index (χ4v) is 3.92. The number of hydrogen-bond donors (Lipinski definition) is 2. The minimum Gasteiger partial charge on any atom is -0.491 e. The Morgan fingerprint density at radius 3 is 2.96 bits per heavy atom. The van der Waals surface area contributed by atoms with Crippen molar-refractivity contribution in [1.82, 2.24) is 4.90 Å². The van der Waals surface area contributed by atoms with E-state index >= 15 is 0 Å². The van der Waals surface area contributed by atoms with Crippen LogP contribution in [0.1, 0.15) is 32.6 Å². The van der Waals surface area contributed by atoms with E-state index in [1.807, 2.05) is 6.92 Å². The first-order valence-electron chi connectivity index (χ1n) is 8.68. The van der Waals surface area contributed by atoms with Gasteiger partial charge in [0.05, 0.1) is 17.7 Å². The molecule has 0 spiro atoms. The first kappa shape index (κ1) is 17.5. The van der Waals surface area contributed by atoms with Crippen LogP contribution in [0.2, 0.25) is 0 Å². The third kappa shape index (κ3) is 3.27. The van der Waals surface area contributed by atoms with Gasteiger partial charge in [-0.15, -0.1) is 0 Å². The van der Waals surface area contributed by atoms with Crippen molar-refractivity contribution in [2.45, 2.75) is 32.6 Å². The summed E-state index contributed by atoms with van der Waals surface area (Å²) in [6.45, 7) is 3.00. The van der Waals surface area contributed by atoms with E-state index < -0.39 is 17.2 Å². The molecule has 2 amide bonds. The Kier molecular flexibility index (Phi) is 4.83. The topological polar surface area (TPSA) is 78.9 Å². The number of likely N-dealkylation sites (tertiary alicyclic amines) is 1. The molecule has 3 rings (SSSR count). The maximum Gasteiger partial charge on any atom is 0.321 e.